The third kappa shape index (κ3) is 3.79. The van der Waals surface area contributed by atoms with Crippen molar-refractivity contribution >= 4 is 35.6 Å². The minimum atomic E-state index is -0.474. The van der Waals surface area contributed by atoms with E-state index in [2.05, 4.69) is 4.90 Å². The maximum absolute atomic E-state index is 10.3. The molecule has 2 unspecified atom stereocenters. The molecule has 0 bridgehead atoms. The van der Waals surface area contributed by atoms with Crippen molar-refractivity contribution in [2.24, 2.45) is 5.73 Å². The SMILES string of the molecule is CN(CC(C)(C)N)C1c2cc(Cl)cc(Cl)c2CC1O.Cl. The van der Waals surface area contributed by atoms with Crippen molar-refractivity contribution in [2.45, 2.75) is 38.0 Å². The lowest BCUT2D eigenvalue weighted by Crippen LogP contribution is -2.46. The Hall–Kier alpha value is -0.0300. The molecule has 1 aromatic rings. The fourth-order valence-electron chi connectivity index (χ4n) is 2.90. The molecule has 3 nitrogen and oxygen atoms in total. The minimum absolute atomic E-state index is 0. The quantitative estimate of drug-likeness (QED) is 0.890. The van der Waals surface area contributed by atoms with Gasteiger partial charge in [0, 0.05) is 28.5 Å². The van der Waals surface area contributed by atoms with Gasteiger partial charge in [-0.25, -0.2) is 0 Å². The smallest absolute Gasteiger partial charge is 0.0777 e. The van der Waals surface area contributed by atoms with Gasteiger partial charge in [-0.1, -0.05) is 23.2 Å². The van der Waals surface area contributed by atoms with Crippen LogP contribution >= 0.6 is 35.6 Å². The number of benzene rings is 1. The van der Waals surface area contributed by atoms with Crippen LogP contribution in [0.2, 0.25) is 10.0 Å². The van der Waals surface area contributed by atoms with Crippen LogP contribution in [-0.4, -0.2) is 35.2 Å². The van der Waals surface area contributed by atoms with Crippen LogP contribution < -0.4 is 5.73 Å². The van der Waals surface area contributed by atoms with Crippen molar-refractivity contribution in [2.75, 3.05) is 13.6 Å². The number of hydrogen-bond donors (Lipinski definition) is 2. The number of aliphatic hydroxyl groups is 1. The molecule has 0 spiro atoms. The van der Waals surface area contributed by atoms with Crippen LogP contribution in [0.3, 0.4) is 0 Å². The van der Waals surface area contributed by atoms with Gasteiger partial charge in [0.25, 0.3) is 0 Å². The molecule has 0 saturated heterocycles. The lowest BCUT2D eigenvalue weighted by molar-refractivity contribution is 0.0670. The van der Waals surface area contributed by atoms with Crippen LogP contribution in [0.5, 0.6) is 0 Å². The molecule has 0 heterocycles. The van der Waals surface area contributed by atoms with Gasteiger partial charge in [0.1, 0.15) is 0 Å². The molecule has 2 rings (SSSR count). The number of hydrogen-bond acceptors (Lipinski definition) is 3. The van der Waals surface area contributed by atoms with Gasteiger partial charge in [-0.15, -0.1) is 12.4 Å². The molecule has 0 fully saturated rings. The first-order chi connectivity index (χ1) is 8.69. The fraction of sp³-hybridized carbons (Fsp3) is 0.571. The molecule has 0 radical (unpaired) electrons. The Morgan fingerprint density at radius 1 is 1.40 bits per heavy atom. The van der Waals surface area contributed by atoms with Gasteiger partial charge in [-0.2, -0.15) is 0 Å². The van der Waals surface area contributed by atoms with Gasteiger partial charge in [-0.3, -0.25) is 4.90 Å². The fourth-order valence-corrected chi connectivity index (χ4v) is 3.49. The molecule has 6 heteroatoms. The van der Waals surface area contributed by atoms with Crippen molar-refractivity contribution in [1.82, 2.24) is 4.90 Å². The number of likely N-dealkylation sites (N-methyl/N-ethyl adjacent to an activating group) is 1. The van der Waals surface area contributed by atoms with E-state index in [9.17, 15) is 5.11 Å². The number of nitrogens with two attached hydrogens (primary N) is 1. The summed E-state index contributed by atoms with van der Waals surface area (Å²) >= 11 is 12.3. The summed E-state index contributed by atoms with van der Waals surface area (Å²) in [6.45, 7) is 4.62. The Kier molecular flexibility index (Phi) is 5.75. The minimum Gasteiger partial charge on any atom is -0.391 e. The molecular weight excluding hydrogens is 319 g/mol. The Morgan fingerprint density at radius 2 is 2.00 bits per heavy atom. The predicted octanol–water partition coefficient (Wildman–Crippen LogP) is 3.04. The normalized spacial score (nSPS) is 21.8. The van der Waals surface area contributed by atoms with Crippen LogP contribution in [-0.2, 0) is 6.42 Å². The second-order valence-corrected chi connectivity index (χ2v) is 6.92. The molecule has 3 N–H and O–H groups in total. The summed E-state index contributed by atoms with van der Waals surface area (Å²) < 4.78 is 0. The highest BCUT2D eigenvalue weighted by Gasteiger charge is 2.36. The van der Waals surface area contributed by atoms with E-state index in [1.54, 1.807) is 6.07 Å². The van der Waals surface area contributed by atoms with E-state index in [-0.39, 0.29) is 24.0 Å². The second-order valence-electron chi connectivity index (χ2n) is 6.08. The molecule has 1 aliphatic carbocycles. The summed E-state index contributed by atoms with van der Waals surface area (Å²) in [6, 6.07) is 3.52. The molecule has 20 heavy (non-hydrogen) atoms. The summed E-state index contributed by atoms with van der Waals surface area (Å²) in [5.74, 6) is 0. The van der Waals surface area contributed by atoms with Crippen molar-refractivity contribution < 1.29 is 5.11 Å². The summed E-state index contributed by atoms with van der Waals surface area (Å²) in [4.78, 5) is 2.07. The van der Waals surface area contributed by atoms with E-state index in [1.165, 1.54) is 0 Å². The summed E-state index contributed by atoms with van der Waals surface area (Å²) in [6.07, 6.45) is 0.0871. The molecule has 0 aliphatic heterocycles. The Labute approximate surface area is 136 Å². The number of fused-ring (bicyclic) bond motifs is 1. The number of nitrogens with zero attached hydrogens (tertiary/aromatic N) is 1. The van der Waals surface area contributed by atoms with Crippen LogP contribution in [0.4, 0.5) is 0 Å². The van der Waals surface area contributed by atoms with Crippen LogP contribution in [0.1, 0.15) is 31.0 Å². The zero-order valence-corrected chi connectivity index (χ0v) is 14.2. The van der Waals surface area contributed by atoms with Gasteiger partial charge >= 0.3 is 0 Å². The first-order valence-electron chi connectivity index (χ1n) is 6.34. The van der Waals surface area contributed by atoms with E-state index < -0.39 is 6.10 Å². The zero-order valence-electron chi connectivity index (χ0n) is 11.9. The summed E-state index contributed by atoms with van der Waals surface area (Å²) in [5.41, 5.74) is 7.74. The Bertz CT molecular complexity index is 488. The first-order valence-corrected chi connectivity index (χ1v) is 7.09. The third-order valence-corrected chi connectivity index (χ3v) is 3.98. The van der Waals surface area contributed by atoms with Crippen LogP contribution in [0.15, 0.2) is 12.1 Å². The molecule has 1 aliphatic rings. The van der Waals surface area contributed by atoms with Crippen molar-refractivity contribution in [3.63, 3.8) is 0 Å². The van der Waals surface area contributed by atoms with Gasteiger partial charge in [0.05, 0.1) is 12.1 Å². The maximum atomic E-state index is 10.3. The van der Waals surface area contributed by atoms with Crippen molar-refractivity contribution in [3.8, 4) is 0 Å². The van der Waals surface area contributed by atoms with Crippen LogP contribution in [0, 0.1) is 0 Å². The van der Waals surface area contributed by atoms with E-state index in [4.69, 9.17) is 28.9 Å². The summed E-state index contributed by atoms with van der Waals surface area (Å²) in [7, 11) is 1.96. The van der Waals surface area contributed by atoms with E-state index in [0.29, 0.717) is 23.0 Å². The first kappa shape index (κ1) is 18.0. The molecule has 0 saturated carbocycles. The van der Waals surface area contributed by atoms with Gasteiger partial charge < -0.3 is 10.8 Å². The lowest BCUT2D eigenvalue weighted by Gasteiger charge is -2.33. The largest absolute Gasteiger partial charge is 0.391 e. The highest BCUT2D eigenvalue weighted by Crippen LogP contribution is 2.40. The predicted molar refractivity (Wildman–Crippen MR) is 87.1 cm³/mol. The summed E-state index contributed by atoms with van der Waals surface area (Å²) in [5, 5.41) is 11.5. The zero-order chi connectivity index (χ0) is 14.4. The van der Waals surface area contributed by atoms with Gasteiger partial charge in [0.2, 0.25) is 0 Å². The molecule has 1 aromatic carbocycles. The maximum Gasteiger partial charge on any atom is 0.0777 e. The Morgan fingerprint density at radius 3 is 2.55 bits per heavy atom. The van der Waals surface area contributed by atoms with E-state index in [0.717, 1.165) is 11.1 Å². The molecule has 114 valence electrons. The highest BCUT2D eigenvalue weighted by molar-refractivity contribution is 6.35. The average Bonchev–Trinajstić information content (AvgIpc) is 2.52. The van der Waals surface area contributed by atoms with Crippen molar-refractivity contribution in [3.05, 3.63) is 33.3 Å². The number of rotatable bonds is 3. The lowest BCUT2D eigenvalue weighted by atomic mass is 10.0. The van der Waals surface area contributed by atoms with Gasteiger partial charge in [0.15, 0.2) is 0 Å². The van der Waals surface area contributed by atoms with Crippen LogP contribution in [0.25, 0.3) is 0 Å². The Balaban J connectivity index is 0.00000200. The average molecular weight is 340 g/mol. The van der Waals surface area contributed by atoms with E-state index in [1.807, 2.05) is 27.0 Å². The van der Waals surface area contributed by atoms with Gasteiger partial charge in [-0.05, 0) is 44.2 Å². The van der Waals surface area contributed by atoms with Crippen molar-refractivity contribution in [1.29, 1.82) is 0 Å². The number of halogens is 3. The molecule has 0 amide bonds. The monoisotopic (exact) mass is 338 g/mol. The topological polar surface area (TPSA) is 49.5 Å². The second kappa shape index (κ2) is 6.39. The third-order valence-electron chi connectivity index (χ3n) is 3.42. The molecule has 0 aromatic heterocycles. The number of aliphatic hydroxyl groups excluding tert-OH is 1. The highest BCUT2D eigenvalue weighted by atomic mass is 35.5. The molecular formula is C14H21Cl3N2O. The molecule has 2 atom stereocenters. The van der Waals surface area contributed by atoms with E-state index >= 15 is 0 Å². The standard InChI is InChI=1S/C14H20Cl2N2O.ClH/c1-14(2,17)7-18(3)13-10-4-8(15)5-11(16)9(10)6-12(13)19;/h4-5,12-13,19H,6-7,17H2,1-3H3;1H.